The molecule has 0 aromatic heterocycles. The van der Waals surface area contributed by atoms with Gasteiger partial charge < -0.3 is 10.2 Å². The normalized spacial score (nSPS) is 11.4. The Balaban J connectivity index is 2.68. The van der Waals surface area contributed by atoms with Gasteiger partial charge in [0.15, 0.2) is 0 Å². The van der Waals surface area contributed by atoms with Gasteiger partial charge in [0.05, 0.1) is 6.07 Å². The maximum Gasteiger partial charge on any atom is 0.217 e. The van der Waals surface area contributed by atoms with Crippen molar-refractivity contribution in [1.82, 2.24) is 5.32 Å². The van der Waals surface area contributed by atoms with E-state index in [2.05, 4.69) is 11.4 Å². The smallest absolute Gasteiger partial charge is 0.217 e. The SMILES string of the molecule is CC(=O)NC(C#N)Cc1ccc(N(C)C)cc1. The van der Waals surface area contributed by atoms with Gasteiger partial charge in [-0.1, -0.05) is 12.1 Å². The van der Waals surface area contributed by atoms with Crippen molar-refractivity contribution in [2.75, 3.05) is 19.0 Å². The highest BCUT2D eigenvalue weighted by Gasteiger charge is 2.09. The van der Waals surface area contributed by atoms with E-state index in [-0.39, 0.29) is 5.91 Å². The van der Waals surface area contributed by atoms with Gasteiger partial charge in [0.25, 0.3) is 0 Å². The molecule has 0 radical (unpaired) electrons. The molecule has 1 aromatic carbocycles. The molecule has 1 unspecified atom stereocenters. The van der Waals surface area contributed by atoms with Crippen molar-refractivity contribution >= 4 is 11.6 Å². The molecule has 0 fully saturated rings. The molecule has 0 saturated heterocycles. The molecular weight excluding hydrogens is 214 g/mol. The van der Waals surface area contributed by atoms with Crippen molar-refractivity contribution in [2.45, 2.75) is 19.4 Å². The fourth-order valence-electron chi connectivity index (χ4n) is 1.54. The second kappa shape index (κ2) is 5.90. The zero-order valence-electron chi connectivity index (χ0n) is 10.4. The molecule has 0 aliphatic rings. The number of nitriles is 1. The van der Waals surface area contributed by atoms with Gasteiger partial charge in [-0.15, -0.1) is 0 Å². The third-order valence-electron chi connectivity index (χ3n) is 2.43. The van der Waals surface area contributed by atoms with Crippen LogP contribution in [-0.2, 0) is 11.2 Å². The highest BCUT2D eigenvalue weighted by molar-refractivity contribution is 5.73. The number of carbonyl (C=O) groups excluding carboxylic acids is 1. The predicted molar refractivity (Wildman–Crippen MR) is 67.7 cm³/mol. The molecule has 1 aromatic rings. The van der Waals surface area contributed by atoms with E-state index in [1.165, 1.54) is 6.92 Å². The van der Waals surface area contributed by atoms with Gasteiger partial charge in [-0.2, -0.15) is 5.26 Å². The lowest BCUT2D eigenvalue weighted by Gasteiger charge is -2.14. The van der Waals surface area contributed by atoms with Crippen LogP contribution in [0.5, 0.6) is 0 Å². The number of nitrogens with zero attached hydrogens (tertiary/aromatic N) is 2. The summed E-state index contributed by atoms with van der Waals surface area (Å²) in [5.41, 5.74) is 2.15. The standard InChI is InChI=1S/C13H17N3O/c1-10(17)15-12(9-14)8-11-4-6-13(7-5-11)16(2)3/h4-7,12H,8H2,1-3H3,(H,15,17). The van der Waals surface area contributed by atoms with Gasteiger partial charge in [0.2, 0.25) is 5.91 Å². The highest BCUT2D eigenvalue weighted by Crippen LogP contribution is 2.13. The molecule has 0 aliphatic heterocycles. The first kappa shape index (κ1) is 13.0. The van der Waals surface area contributed by atoms with Crippen molar-refractivity contribution in [1.29, 1.82) is 5.26 Å². The summed E-state index contributed by atoms with van der Waals surface area (Å²) in [7, 11) is 3.95. The maximum absolute atomic E-state index is 10.9. The van der Waals surface area contributed by atoms with Crippen LogP contribution in [0.3, 0.4) is 0 Å². The van der Waals surface area contributed by atoms with E-state index in [0.29, 0.717) is 6.42 Å². The van der Waals surface area contributed by atoms with Gasteiger partial charge in [-0.05, 0) is 17.7 Å². The minimum atomic E-state index is -0.460. The number of rotatable bonds is 4. The molecule has 17 heavy (non-hydrogen) atoms. The van der Waals surface area contributed by atoms with Crippen molar-refractivity contribution < 1.29 is 4.79 Å². The maximum atomic E-state index is 10.9. The van der Waals surface area contributed by atoms with Crippen LogP contribution < -0.4 is 10.2 Å². The average molecular weight is 231 g/mol. The van der Waals surface area contributed by atoms with Crippen LogP contribution in [0.1, 0.15) is 12.5 Å². The number of hydrogen-bond donors (Lipinski definition) is 1. The first-order chi connectivity index (χ1) is 8.02. The number of nitrogens with one attached hydrogen (secondary N) is 1. The molecule has 1 atom stereocenters. The predicted octanol–water partition coefficient (Wildman–Crippen LogP) is 1.32. The van der Waals surface area contributed by atoms with Gasteiger partial charge in [-0.3, -0.25) is 4.79 Å². The zero-order valence-corrected chi connectivity index (χ0v) is 10.4. The molecule has 1 amide bonds. The summed E-state index contributed by atoms with van der Waals surface area (Å²) in [6, 6.07) is 9.56. The molecule has 0 heterocycles. The molecule has 4 nitrogen and oxygen atoms in total. The van der Waals surface area contributed by atoms with Crippen LogP contribution in [0, 0.1) is 11.3 Å². The molecule has 1 N–H and O–H groups in total. The first-order valence-corrected chi connectivity index (χ1v) is 5.46. The van der Waals surface area contributed by atoms with Crippen molar-refractivity contribution in [3.8, 4) is 6.07 Å². The fourth-order valence-corrected chi connectivity index (χ4v) is 1.54. The lowest BCUT2D eigenvalue weighted by Crippen LogP contribution is -2.33. The number of hydrogen-bond acceptors (Lipinski definition) is 3. The van der Waals surface area contributed by atoms with Crippen molar-refractivity contribution in [3.05, 3.63) is 29.8 Å². The minimum absolute atomic E-state index is 0.179. The molecule has 1 rings (SSSR count). The fraction of sp³-hybridized carbons (Fsp3) is 0.385. The van der Waals surface area contributed by atoms with Crippen LogP contribution in [0.2, 0.25) is 0 Å². The number of carbonyl (C=O) groups is 1. The lowest BCUT2D eigenvalue weighted by molar-refractivity contribution is -0.119. The topological polar surface area (TPSA) is 56.1 Å². The second-order valence-corrected chi connectivity index (χ2v) is 4.15. The van der Waals surface area contributed by atoms with Crippen LogP contribution in [0.25, 0.3) is 0 Å². The minimum Gasteiger partial charge on any atom is -0.378 e. The summed E-state index contributed by atoms with van der Waals surface area (Å²) in [6.45, 7) is 1.42. The number of anilines is 1. The Labute approximate surface area is 102 Å². The molecular formula is C13H17N3O. The monoisotopic (exact) mass is 231 g/mol. The molecule has 0 bridgehead atoms. The molecule has 4 heteroatoms. The summed E-state index contributed by atoms with van der Waals surface area (Å²) < 4.78 is 0. The van der Waals surface area contributed by atoms with Crippen LogP contribution in [-0.4, -0.2) is 26.0 Å². The van der Waals surface area contributed by atoms with E-state index in [0.717, 1.165) is 11.3 Å². The summed E-state index contributed by atoms with van der Waals surface area (Å²) in [4.78, 5) is 12.9. The first-order valence-electron chi connectivity index (χ1n) is 5.46. The quantitative estimate of drug-likeness (QED) is 0.850. The lowest BCUT2D eigenvalue weighted by atomic mass is 10.1. The Morgan fingerprint density at radius 3 is 2.41 bits per heavy atom. The molecule has 0 saturated carbocycles. The zero-order chi connectivity index (χ0) is 12.8. The Morgan fingerprint density at radius 2 is 2.00 bits per heavy atom. The van der Waals surface area contributed by atoms with E-state index >= 15 is 0 Å². The van der Waals surface area contributed by atoms with E-state index in [9.17, 15) is 4.79 Å². The average Bonchev–Trinajstić information content (AvgIpc) is 2.28. The Kier molecular flexibility index (Phi) is 4.53. The van der Waals surface area contributed by atoms with Crippen molar-refractivity contribution in [3.63, 3.8) is 0 Å². The van der Waals surface area contributed by atoms with Gasteiger partial charge in [0.1, 0.15) is 6.04 Å². The van der Waals surface area contributed by atoms with Gasteiger partial charge >= 0.3 is 0 Å². The molecule has 0 spiro atoms. The van der Waals surface area contributed by atoms with Gasteiger partial charge in [0, 0.05) is 33.1 Å². The molecule has 0 aliphatic carbocycles. The van der Waals surface area contributed by atoms with E-state index in [4.69, 9.17) is 5.26 Å². The molecule has 90 valence electrons. The van der Waals surface area contributed by atoms with E-state index < -0.39 is 6.04 Å². The summed E-state index contributed by atoms with van der Waals surface area (Å²) in [5, 5.41) is 11.5. The third-order valence-corrected chi connectivity index (χ3v) is 2.43. The Bertz CT molecular complexity index is 417. The van der Waals surface area contributed by atoms with Gasteiger partial charge in [-0.25, -0.2) is 0 Å². The Morgan fingerprint density at radius 1 is 1.41 bits per heavy atom. The Hall–Kier alpha value is -2.02. The van der Waals surface area contributed by atoms with Crippen LogP contribution >= 0.6 is 0 Å². The third kappa shape index (κ3) is 4.15. The highest BCUT2D eigenvalue weighted by atomic mass is 16.1. The summed E-state index contributed by atoms with van der Waals surface area (Å²) in [6.07, 6.45) is 0.532. The van der Waals surface area contributed by atoms with Crippen LogP contribution in [0.15, 0.2) is 24.3 Å². The van der Waals surface area contributed by atoms with E-state index in [1.807, 2.05) is 43.3 Å². The summed E-state index contributed by atoms with van der Waals surface area (Å²) >= 11 is 0. The van der Waals surface area contributed by atoms with E-state index in [1.54, 1.807) is 0 Å². The van der Waals surface area contributed by atoms with Crippen molar-refractivity contribution in [2.24, 2.45) is 0 Å². The second-order valence-electron chi connectivity index (χ2n) is 4.15. The number of benzene rings is 1. The summed E-state index contributed by atoms with van der Waals surface area (Å²) in [5.74, 6) is -0.179. The van der Waals surface area contributed by atoms with Crippen LogP contribution in [0.4, 0.5) is 5.69 Å². The number of amides is 1. The largest absolute Gasteiger partial charge is 0.378 e.